The van der Waals surface area contributed by atoms with Gasteiger partial charge in [0.15, 0.2) is 0 Å². The van der Waals surface area contributed by atoms with Crippen LogP contribution in [0.4, 0.5) is 0 Å². The normalized spacial score (nSPS) is 11.6. The third kappa shape index (κ3) is 4.00. The Hall–Kier alpha value is -5.99. The summed E-state index contributed by atoms with van der Waals surface area (Å²) in [6.07, 6.45) is 0. The Labute approximate surface area is 261 Å². The number of aromatic nitrogens is 2. The van der Waals surface area contributed by atoms with E-state index in [1.165, 1.54) is 54.6 Å². The lowest BCUT2D eigenvalue weighted by molar-refractivity contribution is 1.11. The van der Waals surface area contributed by atoms with Gasteiger partial charge in [-0.05, 0) is 67.4 Å². The number of hydrogen-bond donors (Lipinski definition) is 0. The summed E-state index contributed by atoms with van der Waals surface area (Å²) in [5.74, 6) is 0.942. The first-order valence-electron chi connectivity index (χ1n) is 15.4. The molecule has 9 aromatic rings. The number of para-hydroxylation sites is 2. The molecular weight excluding hydrogens is 544 g/mol. The van der Waals surface area contributed by atoms with Crippen molar-refractivity contribution in [1.82, 2.24) is 9.55 Å². The van der Waals surface area contributed by atoms with Gasteiger partial charge < -0.3 is 0 Å². The predicted molar refractivity (Wildman–Crippen MR) is 190 cm³/mol. The Morgan fingerprint density at radius 2 is 0.844 bits per heavy atom. The van der Waals surface area contributed by atoms with Gasteiger partial charge in [-0.25, -0.2) is 4.98 Å². The van der Waals surface area contributed by atoms with Crippen LogP contribution < -0.4 is 0 Å². The average molecular weight is 573 g/mol. The number of imidazole rings is 1. The summed E-state index contributed by atoms with van der Waals surface area (Å²) < 4.78 is 2.32. The van der Waals surface area contributed by atoms with Crippen LogP contribution in [0, 0.1) is 0 Å². The summed E-state index contributed by atoms with van der Waals surface area (Å²) in [4.78, 5) is 5.13. The minimum atomic E-state index is 0.942. The van der Waals surface area contributed by atoms with Gasteiger partial charge in [-0.2, -0.15) is 0 Å². The van der Waals surface area contributed by atoms with Crippen LogP contribution in [0.15, 0.2) is 170 Å². The van der Waals surface area contributed by atoms with Gasteiger partial charge in [0.2, 0.25) is 0 Å². The Balaban J connectivity index is 1.38. The first kappa shape index (κ1) is 25.5. The van der Waals surface area contributed by atoms with Crippen molar-refractivity contribution < 1.29 is 0 Å². The molecule has 2 heteroatoms. The van der Waals surface area contributed by atoms with Crippen LogP contribution in [0.25, 0.3) is 82.7 Å². The molecule has 0 amide bonds. The van der Waals surface area contributed by atoms with E-state index < -0.39 is 0 Å². The van der Waals surface area contributed by atoms with E-state index in [1.807, 2.05) is 0 Å². The zero-order chi connectivity index (χ0) is 29.7. The van der Waals surface area contributed by atoms with E-state index in [9.17, 15) is 0 Å². The summed E-state index contributed by atoms with van der Waals surface area (Å²) in [5.41, 5.74) is 9.30. The topological polar surface area (TPSA) is 17.8 Å². The van der Waals surface area contributed by atoms with E-state index in [0.717, 1.165) is 28.1 Å². The smallest absolute Gasteiger partial charge is 0.145 e. The van der Waals surface area contributed by atoms with Gasteiger partial charge in [0.05, 0.1) is 16.7 Å². The molecule has 0 saturated carbocycles. The van der Waals surface area contributed by atoms with E-state index in [0.29, 0.717) is 0 Å². The monoisotopic (exact) mass is 572 g/mol. The minimum Gasteiger partial charge on any atom is -0.292 e. The molecule has 0 aliphatic carbocycles. The lowest BCUT2D eigenvalue weighted by Crippen LogP contribution is -2.00. The second-order valence-electron chi connectivity index (χ2n) is 11.5. The molecule has 0 spiro atoms. The van der Waals surface area contributed by atoms with Gasteiger partial charge in [0.25, 0.3) is 0 Å². The van der Waals surface area contributed by atoms with Crippen LogP contribution in [-0.2, 0) is 0 Å². The number of hydrogen-bond acceptors (Lipinski definition) is 1. The maximum absolute atomic E-state index is 5.13. The number of fused-ring (bicyclic) bond motifs is 4. The number of benzene rings is 8. The fourth-order valence-electron chi connectivity index (χ4n) is 7.08. The zero-order valence-electron chi connectivity index (χ0n) is 24.6. The highest BCUT2D eigenvalue weighted by molar-refractivity contribution is 6.23. The largest absolute Gasteiger partial charge is 0.292 e. The van der Waals surface area contributed by atoms with Crippen molar-refractivity contribution >= 4 is 43.4 Å². The molecular formula is C43H28N2. The SMILES string of the molecule is c1ccc(-c2c3ccccc3c(-c3ccc(-n4c(-c5ccccc5)nc5ccccc54)c4ccccc34)c3ccccc23)cc1. The molecule has 2 nitrogen and oxygen atoms in total. The molecule has 0 fully saturated rings. The molecule has 0 saturated heterocycles. The van der Waals surface area contributed by atoms with E-state index in [-0.39, 0.29) is 0 Å². The molecule has 1 aromatic heterocycles. The number of rotatable bonds is 4. The molecule has 210 valence electrons. The fraction of sp³-hybridized carbons (Fsp3) is 0. The van der Waals surface area contributed by atoms with Crippen LogP contribution >= 0.6 is 0 Å². The highest BCUT2D eigenvalue weighted by atomic mass is 15.1. The average Bonchev–Trinajstić information content (AvgIpc) is 3.50. The first-order valence-corrected chi connectivity index (χ1v) is 15.4. The molecule has 0 aliphatic heterocycles. The molecule has 1 heterocycles. The maximum Gasteiger partial charge on any atom is 0.145 e. The Bertz CT molecular complexity index is 2470. The third-order valence-electron chi connectivity index (χ3n) is 9.00. The molecule has 0 aliphatic rings. The zero-order valence-corrected chi connectivity index (χ0v) is 24.6. The second kappa shape index (κ2) is 10.3. The molecule has 0 bridgehead atoms. The van der Waals surface area contributed by atoms with Gasteiger partial charge in [0.1, 0.15) is 5.82 Å². The lowest BCUT2D eigenvalue weighted by atomic mass is 9.84. The van der Waals surface area contributed by atoms with E-state index in [1.54, 1.807) is 0 Å². The summed E-state index contributed by atoms with van der Waals surface area (Å²) in [6, 6.07) is 60.9. The quantitative estimate of drug-likeness (QED) is 0.192. The van der Waals surface area contributed by atoms with Crippen molar-refractivity contribution in [2.24, 2.45) is 0 Å². The van der Waals surface area contributed by atoms with Crippen molar-refractivity contribution in [2.45, 2.75) is 0 Å². The molecule has 0 unspecified atom stereocenters. The van der Waals surface area contributed by atoms with E-state index >= 15 is 0 Å². The van der Waals surface area contributed by atoms with Crippen LogP contribution in [0.2, 0.25) is 0 Å². The Morgan fingerprint density at radius 1 is 0.356 bits per heavy atom. The predicted octanol–water partition coefficient (Wildman–Crippen LogP) is 11.5. The molecule has 0 atom stereocenters. The van der Waals surface area contributed by atoms with E-state index in [2.05, 4.69) is 174 Å². The maximum atomic E-state index is 5.13. The van der Waals surface area contributed by atoms with Crippen molar-refractivity contribution in [1.29, 1.82) is 0 Å². The van der Waals surface area contributed by atoms with Crippen LogP contribution in [-0.4, -0.2) is 9.55 Å². The first-order chi connectivity index (χ1) is 22.4. The van der Waals surface area contributed by atoms with Gasteiger partial charge in [-0.15, -0.1) is 0 Å². The van der Waals surface area contributed by atoms with Gasteiger partial charge in [-0.1, -0.05) is 152 Å². The highest BCUT2D eigenvalue weighted by Crippen LogP contribution is 2.46. The highest BCUT2D eigenvalue weighted by Gasteiger charge is 2.21. The van der Waals surface area contributed by atoms with Crippen LogP contribution in [0.5, 0.6) is 0 Å². The van der Waals surface area contributed by atoms with Gasteiger partial charge in [-0.3, -0.25) is 4.57 Å². The minimum absolute atomic E-state index is 0.942. The lowest BCUT2D eigenvalue weighted by Gasteiger charge is -2.20. The van der Waals surface area contributed by atoms with Gasteiger partial charge >= 0.3 is 0 Å². The molecule has 8 aromatic carbocycles. The van der Waals surface area contributed by atoms with Crippen LogP contribution in [0.1, 0.15) is 0 Å². The van der Waals surface area contributed by atoms with Crippen molar-refractivity contribution in [2.75, 3.05) is 0 Å². The second-order valence-corrected chi connectivity index (χ2v) is 11.5. The van der Waals surface area contributed by atoms with Crippen molar-refractivity contribution in [3.63, 3.8) is 0 Å². The molecule has 0 N–H and O–H groups in total. The van der Waals surface area contributed by atoms with Crippen LogP contribution in [0.3, 0.4) is 0 Å². The standard InChI is InChI=1S/C43H28N2/c1-3-15-29(16-4-1)41-33-21-9-11-23-35(33)42(36-24-12-10-22-34(36)41)37-27-28-39(32-20-8-7-19-31(32)37)45-40-26-14-13-25-38(40)44-43(45)30-17-5-2-6-18-30/h1-28H. The Morgan fingerprint density at radius 3 is 1.49 bits per heavy atom. The molecule has 9 rings (SSSR count). The van der Waals surface area contributed by atoms with E-state index in [4.69, 9.17) is 4.98 Å². The summed E-state index contributed by atoms with van der Waals surface area (Å²) in [7, 11) is 0. The fourth-order valence-corrected chi connectivity index (χ4v) is 7.08. The third-order valence-corrected chi connectivity index (χ3v) is 9.00. The van der Waals surface area contributed by atoms with Gasteiger partial charge in [0, 0.05) is 10.9 Å². The van der Waals surface area contributed by atoms with Crippen molar-refractivity contribution in [3.8, 4) is 39.3 Å². The summed E-state index contributed by atoms with van der Waals surface area (Å²) in [6.45, 7) is 0. The Kier molecular flexibility index (Phi) is 5.85. The molecule has 0 radical (unpaired) electrons. The molecule has 45 heavy (non-hydrogen) atoms. The summed E-state index contributed by atoms with van der Waals surface area (Å²) in [5, 5.41) is 7.44. The van der Waals surface area contributed by atoms with Crippen molar-refractivity contribution in [3.05, 3.63) is 170 Å². The summed E-state index contributed by atoms with van der Waals surface area (Å²) >= 11 is 0. The number of nitrogens with zero attached hydrogens (tertiary/aromatic N) is 2.